The average molecular weight is 310 g/mol. The smallest absolute Gasteiger partial charge is 0.150 e. The van der Waals surface area contributed by atoms with Crippen LogP contribution in [0.3, 0.4) is 0 Å². The summed E-state index contributed by atoms with van der Waals surface area (Å²) in [6.45, 7) is 11.8. The van der Waals surface area contributed by atoms with Crippen LogP contribution in [0, 0.1) is 0 Å². The predicted molar refractivity (Wildman–Crippen MR) is 94.2 cm³/mol. The molecule has 0 aliphatic heterocycles. The summed E-state index contributed by atoms with van der Waals surface area (Å²) in [6.07, 6.45) is 3.24. The molecule has 0 amide bonds. The molecule has 0 N–H and O–H groups in total. The number of carbonyl (C=O) groups excluding carboxylic acids is 1. The molecule has 0 bridgehead atoms. The summed E-state index contributed by atoms with van der Waals surface area (Å²) in [5, 5.41) is 0. The van der Waals surface area contributed by atoms with E-state index in [1.54, 1.807) is 24.3 Å². The molecule has 1 aromatic carbocycles. The Morgan fingerprint density at radius 2 is 1.90 bits per heavy atom. The minimum absolute atomic E-state index is 0. The zero-order chi connectivity index (χ0) is 14.3. The fourth-order valence-corrected chi connectivity index (χ4v) is 1.49. The van der Waals surface area contributed by atoms with Gasteiger partial charge in [-0.25, -0.2) is 0 Å². The minimum atomic E-state index is 0. The number of allylic oxidation sites excluding steroid dienone is 1. The number of rotatable bonds is 8. The van der Waals surface area contributed by atoms with Crippen molar-refractivity contribution in [2.45, 2.75) is 33.8 Å². The molecular formula is C17H26O3S. The van der Waals surface area contributed by atoms with Crippen LogP contribution in [0.5, 0.6) is 11.5 Å². The Kier molecular flexibility index (Phi) is 11.4. The fraction of sp³-hybridized carbons (Fsp3) is 0.353. The third-order valence-electron chi connectivity index (χ3n) is 2.39. The maximum absolute atomic E-state index is 10.9. The molecule has 0 saturated carbocycles. The van der Waals surface area contributed by atoms with Gasteiger partial charge in [0, 0.05) is 18.1 Å². The van der Waals surface area contributed by atoms with Gasteiger partial charge in [0.1, 0.15) is 17.8 Å². The van der Waals surface area contributed by atoms with Crippen molar-refractivity contribution in [1.82, 2.24) is 0 Å². The van der Waals surface area contributed by atoms with E-state index in [0.29, 0.717) is 30.1 Å². The number of hydrogen-bond acceptors (Lipinski definition) is 3. The lowest BCUT2D eigenvalue weighted by molar-refractivity contribution is 0.112. The number of carbonyl (C=O) groups is 1. The Balaban J connectivity index is 0. The summed E-state index contributed by atoms with van der Waals surface area (Å²) in [4.78, 5) is 10.9. The van der Waals surface area contributed by atoms with Crippen LogP contribution in [0.15, 0.2) is 43.0 Å². The lowest BCUT2D eigenvalue weighted by Gasteiger charge is -2.12. The van der Waals surface area contributed by atoms with Gasteiger partial charge in [-0.15, -0.1) is 0 Å². The third-order valence-corrected chi connectivity index (χ3v) is 2.39. The summed E-state index contributed by atoms with van der Waals surface area (Å²) in [5.74, 6) is 1.26. The van der Waals surface area contributed by atoms with Crippen LogP contribution in [0.2, 0.25) is 0 Å². The average Bonchev–Trinajstić information content (AvgIpc) is 2.37. The van der Waals surface area contributed by atoms with E-state index in [0.717, 1.165) is 11.9 Å². The molecule has 0 aliphatic carbocycles. The highest BCUT2D eigenvalue weighted by atomic mass is 32.1. The Labute approximate surface area is 135 Å². The van der Waals surface area contributed by atoms with Gasteiger partial charge < -0.3 is 9.47 Å². The summed E-state index contributed by atoms with van der Waals surface area (Å²) in [6, 6.07) is 5.17. The Morgan fingerprint density at radius 1 is 1.29 bits per heavy atom. The van der Waals surface area contributed by atoms with E-state index in [9.17, 15) is 4.79 Å². The zero-order valence-electron chi connectivity index (χ0n) is 12.0. The van der Waals surface area contributed by atoms with Gasteiger partial charge in [-0.1, -0.05) is 32.2 Å². The lowest BCUT2D eigenvalue weighted by atomic mass is 10.2. The fourth-order valence-electron chi connectivity index (χ4n) is 1.49. The first kappa shape index (κ1) is 21.6. The molecule has 0 saturated heterocycles. The molecule has 0 aliphatic rings. The lowest BCUT2D eigenvalue weighted by Crippen LogP contribution is -2.06. The van der Waals surface area contributed by atoms with E-state index in [1.807, 2.05) is 13.8 Å². The first-order valence-corrected chi connectivity index (χ1v) is 6.25. The maximum Gasteiger partial charge on any atom is 0.150 e. The van der Waals surface area contributed by atoms with Crippen LogP contribution < -0.4 is 9.47 Å². The van der Waals surface area contributed by atoms with Crippen LogP contribution in [0.25, 0.3) is 0 Å². The van der Waals surface area contributed by atoms with Crippen LogP contribution >= 0.6 is 13.5 Å². The van der Waals surface area contributed by atoms with E-state index >= 15 is 0 Å². The highest BCUT2D eigenvalue weighted by Gasteiger charge is 2.04. The summed E-state index contributed by atoms with van der Waals surface area (Å²) >= 11 is 0. The van der Waals surface area contributed by atoms with E-state index in [-0.39, 0.29) is 27.0 Å². The highest BCUT2D eigenvalue weighted by Crippen LogP contribution is 2.23. The molecule has 4 heteroatoms. The molecule has 0 fully saturated rings. The minimum Gasteiger partial charge on any atom is -0.493 e. The molecule has 1 aromatic rings. The number of ether oxygens (including phenoxy) is 2. The number of benzene rings is 1. The van der Waals surface area contributed by atoms with Gasteiger partial charge in [0.25, 0.3) is 0 Å². The van der Waals surface area contributed by atoms with Gasteiger partial charge in [-0.3, -0.25) is 4.79 Å². The quantitative estimate of drug-likeness (QED) is 0.522. The topological polar surface area (TPSA) is 35.5 Å². The van der Waals surface area contributed by atoms with Crippen molar-refractivity contribution in [1.29, 1.82) is 0 Å². The zero-order valence-corrected chi connectivity index (χ0v) is 13.0. The second-order valence-electron chi connectivity index (χ2n) is 4.48. The summed E-state index contributed by atoms with van der Waals surface area (Å²) in [5.41, 5.74) is 1.46. The van der Waals surface area contributed by atoms with Crippen molar-refractivity contribution in [3.63, 3.8) is 0 Å². The second kappa shape index (κ2) is 11.0. The molecule has 1 rings (SSSR count). The summed E-state index contributed by atoms with van der Waals surface area (Å²) in [7, 11) is 0. The highest BCUT2D eigenvalue weighted by molar-refractivity contribution is 7.59. The molecule has 0 radical (unpaired) electrons. The maximum atomic E-state index is 10.9. The van der Waals surface area contributed by atoms with Crippen LogP contribution in [0.1, 0.15) is 38.1 Å². The molecule has 0 heterocycles. The monoisotopic (exact) mass is 310 g/mol. The third kappa shape index (κ3) is 8.25. The first-order chi connectivity index (χ1) is 9.05. The molecule has 0 unspecified atom stereocenters. The second-order valence-corrected chi connectivity index (χ2v) is 4.48. The van der Waals surface area contributed by atoms with E-state index in [4.69, 9.17) is 9.47 Å². The molecule has 0 spiro atoms. The summed E-state index contributed by atoms with van der Waals surface area (Å²) < 4.78 is 11.2. The number of aldehydes is 1. The van der Waals surface area contributed by atoms with Gasteiger partial charge in [-0.2, -0.15) is 13.5 Å². The molecular weight excluding hydrogens is 284 g/mol. The van der Waals surface area contributed by atoms with Gasteiger partial charge in [0.2, 0.25) is 0 Å². The van der Waals surface area contributed by atoms with Crippen molar-refractivity contribution >= 4 is 19.8 Å². The molecule has 0 aromatic heterocycles. The van der Waals surface area contributed by atoms with Crippen molar-refractivity contribution in [3.8, 4) is 11.5 Å². The molecule has 3 nitrogen and oxygen atoms in total. The van der Waals surface area contributed by atoms with Gasteiger partial charge in [-0.05, 0) is 26.0 Å². The normalized spacial score (nSPS) is 9.10. The Bertz CT molecular complexity index is 467. The Morgan fingerprint density at radius 3 is 2.43 bits per heavy atom. The van der Waals surface area contributed by atoms with Crippen molar-refractivity contribution < 1.29 is 14.3 Å². The van der Waals surface area contributed by atoms with E-state index in [1.165, 1.54) is 0 Å². The SMILES string of the molecule is C.C=CC(=C)CCOc1cc(C=O)cc(OC(C)C)c1.S. The predicted octanol–water partition coefficient (Wildman–Crippen LogP) is 4.55. The van der Waals surface area contributed by atoms with Crippen LogP contribution in [-0.4, -0.2) is 19.0 Å². The van der Waals surface area contributed by atoms with Crippen molar-refractivity contribution in [3.05, 3.63) is 48.6 Å². The van der Waals surface area contributed by atoms with Gasteiger partial charge >= 0.3 is 0 Å². The van der Waals surface area contributed by atoms with Crippen molar-refractivity contribution in [2.75, 3.05) is 6.61 Å². The van der Waals surface area contributed by atoms with Crippen LogP contribution in [-0.2, 0) is 0 Å². The van der Waals surface area contributed by atoms with E-state index in [2.05, 4.69) is 13.2 Å². The van der Waals surface area contributed by atoms with Gasteiger partial charge in [0.15, 0.2) is 0 Å². The van der Waals surface area contributed by atoms with Crippen LogP contribution in [0.4, 0.5) is 0 Å². The Hall–Kier alpha value is -1.68. The molecule has 21 heavy (non-hydrogen) atoms. The molecule has 0 atom stereocenters. The van der Waals surface area contributed by atoms with E-state index < -0.39 is 0 Å². The van der Waals surface area contributed by atoms with Crippen molar-refractivity contribution in [2.24, 2.45) is 0 Å². The standard InChI is InChI=1S/C16H20O3.CH4.H2S/c1-5-13(4)6-7-18-15-8-14(11-17)9-16(10-15)19-12(2)3;;/h5,8-12H,1,4,6-7H2,2-3H3;1H4;1H2. The largest absolute Gasteiger partial charge is 0.493 e. The van der Waals surface area contributed by atoms with Gasteiger partial charge in [0.05, 0.1) is 12.7 Å². The number of hydrogen-bond donors (Lipinski definition) is 0. The first-order valence-electron chi connectivity index (χ1n) is 6.25. The molecule has 118 valence electrons.